The number of hydrogen-bond donors (Lipinski definition) is 1. The monoisotopic (exact) mass is 231 g/mol. The molecule has 2 saturated carbocycles. The van der Waals surface area contributed by atoms with Crippen LogP contribution in [0, 0.1) is 11.8 Å². The van der Waals surface area contributed by atoms with Crippen molar-refractivity contribution < 1.29 is 33.6 Å². The van der Waals surface area contributed by atoms with Crippen LogP contribution in [0.4, 0.5) is 0 Å². The summed E-state index contributed by atoms with van der Waals surface area (Å²) in [5.41, 5.74) is 0. The zero-order chi connectivity index (χ0) is 11.5. The summed E-state index contributed by atoms with van der Waals surface area (Å²) in [7, 11) is 0. The fraction of sp³-hybridized carbons (Fsp3) is 0.833. The molecule has 90 valence electrons. The number of carboxylic acid groups (broad SMARTS) is 1. The molecule has 2 aliphatic carbocycles. The summed E-state index contributed by atoms with van der Waals surface area (Å²) < 4.78 is 0. The van der Waals surface area contributed by atoms with Crippen LogP contribution in [0.2, 0.25) is 0 Å². The average Bonchev–Trinajstić information content (AvgIpc) is 3.03. The number of carbonyl (C=O) groups excluding carboxylic acids is 2. The van der Waals surface area contributed by atoms with Crippen LogP contribution in [-0.4, -0.2) is 17.9 Å². The van der Waals surface area contributed by atoms with E-state index in [1.807, 2.05) is 0 Å². The third-order valence-corrected chi connectivity index (χ3v) is 3.60. The SMILES string of the molecule is O=C([O-])C[C@H]1CC[C@H](NC(=O)C2CC2)CC1.[Li+]. The van der Waals surface area contributed by atoms with Gasteiger partial charge in [-0.2, -0.15) is 0 Å². The molecule has 2 aliphatic rings. The van der Waals surface area contributed by atoms with Crippen LogP contribution in [0.5, 0.6) is 0 Å². The Labute approximate surface area is 114 Å². The van der Waals surface area contributed by atoms with Crippen molar-refractivity contribution in [1.82, 2.24) is 5.32 Å². The quantitative estimate of drug-likeness (QED) is 0.532. The van der Waals surface area contributed by atoms with Gasteiger partial charge in [0.2, 0.25) is 5.91 Å². The van der Waals surface area contributed by atoms with Crippen LogP contribution >= 0.6 is 0 Å². The molecule has 2 fully saturated rings. The van der Waals surface area contributed by atoms with Gasteiger partial charge < -0.3 is 15.2 Å². The van der Waals surface area contributed by atoms with Gasteiger partial charge >= 0.3 is 18.9 Å². The number of aliphatic carboxylic acids is 1. The maximum atomic E-state index is 11.5. The number of carbonyl (C=O) groups is 2. The maximum absolute atomic E-state index is 11.5. The fourth-order valence-electron chi connectivity index (χ4n) is 2.41. The van der Waals surface area contributed by atoms with Crippen LogP contribution in [0.1, 0.15) is 44.9 Å². The van der Waals surface area contributed by atoms with E-state index in [0.717, 1.165) is 38.5 Å². The molecule has 0 bridgehead atoms. The van der Waals surface area contributed by atoms with Crippen molar-refractivity contribution in [3.63, 3.8) is 0 Å². The molecule has 0 aromatic rings. The van der Waals surface area contributed by atoms with E-state index in [1.165, 1.54) is 0 Å². The van der Waals surface area contributed by atoms with E-state index in [-0.39, 0.29) is 49.1 Å². The van der Waals surface area contributed by atoms with Gasteiger partial charge in [0.15, 0.2) is 0 Å². The Balaban J connectivity index is 0.00000144. The summed E-state index contributed by atoms with van der Waals surface area (Å²) in [4.78, 5) is 22.0. The Hall–Kier alpha value is -0.463. The standard InChI is InChI=1S/C12H19NO3.Li/c14-11(15)7-8-1-5-10(6-2-8)13-12(16)9-3-4-9;/h8-10H,1-7H2,(H,13,16)(H,14,15);/q;+1/p-1/t8-,10-;. The van der Waals surface area contributed by atoms with Gasteiger partial charge in [-0.05, 0) is 50.9 Å². The molecule has 17 heavy (non-hydrogen) atoms. The Bertz CT molecular complexity index is 283. The molecule has 0 aromatic carbocycles. The first-order valence-corrected chi connectivity index (χ1v) is 6.15. The largest absolute Gasteiger partial charge is 1.00 e. The molecule has 0 aromatic heterocycles. The number of rotatable bonds is 4. The van der Waals surface area contributed by atoms with Crippen molar-refractivity contribution in [3.8, 4) is 0 Å². The number of hydrogen-bond acceptors (Lipinski definition) is 3. The summed E-state index contributed by atoms with van der Waals surface area (Å²) in [6.45, 7) is 0. The second kappa shape index (κ2) is 6.46. The molecule has 4 nitrogen and oxygen atoms in total. The summed E-state index contributed by atoms with van der Waals surface area (Å²) >= 11 is 0. The first-order chi connectivity index (χ1) is 7.65. The van der Waals surface area contributed by atoms with Crippen molar-refractivity contribution in [2.75, 3.05) is 0 Å². The zero-order valence-electron chi connectivity index (χ0n) is 10.4. The minimum atomic E-state index is -0.953. The minimum Gasteiger partial charge on any atom is -0.550 e. The molecule has 0 unspecified atom stereocenters. The average molecular weight is 231 g/mol. The second-order valence-corrected chi connectivity index (χ2v) is 5.08. The topological polar surface area (TPSA) is 69.2 Å². The third kappa shape index (κ3) is 4.73. The molecule has 5 heteroatoms. The predicted molar refractivity (Wildman–Crippen MR) is 56.2 cm³/mol. The molecular formula is C12H18LiNO3. The first-order valence-electron chi connectivity index (χ1n) is 6.15. The normalized spacial score (nSPS) is 28.0. The van der Waals surface area contributed by atoms with E-state index in [2.05, 4.69) is 5.32 Å². The number of amides is 1. The van der Waals surface area contributed by atoms with Crippen LogP contribution < -0.4 is 29.3 Å². The van der Waals surface area contributed by atoms with E-state index >= 15 is 0 Å². The van der Waals surface area contributed by atoms with Gasteiger partial charge in [-0.15, -0.1) is 0 Å². The van der Waals surface area contributed by atoms with Crippen molar-refractivity contribution in [3.05, 3.63) is 0 Å². The fourth-order valence-corrected chi connectivity index (χ4v) is 2.41. The van der Waals surface area contributed by atoms with E-state index in [1.54, 1.807) is 0 Å². The molecular weight excluding hydrogens is 213 g/mol. The van der Waals surface area contributed by atoms with Gasteiger partial charge in [0.05, 0.1) is 0 Å². The molecule has 2 rings (SSSR count). The molecule has 0 atom stereocenters. The van der Waals surface area contributed by atoms with Gasteiger partial charge in [0.25, 0.3) is 0 Å². The Morgan fingerprint density at radius 1 is 1.06 bits per heavy atom. The van der Waals surface area contributed by atoms with E-state index in [0.29, 0.717) is 0 Å². The number of nitrogens with one attached hydrogen (secondary N) is 1. The van der Waals surface area contributed by atoms with Crippen LogP contribution in [0.15, 0.2) is 0 Å². The Morgan fingerprint density at radius 3 is 2.12 bits per heavy atom. The van der Waals surface area contributed by atoms with Crippen LogP contribution in [0.25, 0.3) is 0 Å². The van der Waals surface area contributed by atoms with E-state index < -0.39 is 5.97 Å². The van der Waals surface area contributed by atoms with Gasteiger partial charge in [0.1, 0.15) is 0 Å². The van der Waals surface area contributed by atoms with E-state index in [9.17, 15) is 14.7 Å². The second-order valence-electron chi connectivity index (χ2n) is 5.08. The van der Waals surface area contributed by atoms with Gasteiger partial charge in [0, 0.05) is 17.9 Å². The summed E-state index contributed by atoms with van der Waals surface area (Å²) in [5, 5.41) is 13.5. The molecule has 0 aliphatic heterocycles. The first kappa shape index (κ1) is 14.6. The van der Waals surface area contributed by atoms with Crippen molar-refractivity contribution >= 4 is 11.9 Å². The van der Waals surface area contributed by atoms with Crippen molar-refractivity contribution in [2.45, 2.75) is 51.0 Å². The van der Waals surface area contributed by atoms with Crippen LogP contribution in [0.3, 0.4) is 0 Å². The van der Waals surface area contributed by atoms with Gasteiger partial charge in [-0.25, -0.2) is 0 Å². The van der Waals surface area contributed by atoms with Gasteiger partial charge in [-0.3, -0.25) is 4.79 Å². The van der Waals surface area contributed by atoms with Crippen molar-refractivity contribution in [1.29, 1.82) is 0 Å². The summed E-state index contributed by atoms with van der Waals surface area (Å²) in [5.74, 6) is -0.242. The smallest absolute Gasteiger partial charge is 0.550 e. The summed E-state index contributed by atoms with van der Waals surface area (Å²) in [6.07, 6.45) is 5.85. The molecule has 1 N–H and O–H groups in total. The number of carboxylic acids is 1. The molecule has 0 heterocycles. The van der Waals surface area contributed by atoms with Gasteiger partial charge in [-0.1, -0.05) is 0 Å². The zero-order valence-corrected chi connectivity index (χ0v) is 10.4. The van der Waals surface area contributed by atoms with Crippen molar-refractivity contribution in [2.24, 2.45) is 11.8 Å². The molecule has 0 radical (unpaired) electrons. The molecule has 1 amide bonds. The Kier molecular flexibility index (Phi) is 5.55. The van der Waals surface area contributed by atoms with E-state index in [4.69, 9.17) is 0 Å². The van der Waals surface area contributed by atoms with Crippen LogP contribution in [-0.2, 0) is 9.59 Å². The molecule has 0 saturated heterocycles. The molecule has 0 spiro atoms. The maximum Gasteiger partial charge on any atom is 1.00 e. The Morgan fingerprint density at radius 2 is 1.65 bits per heavy atom. The predicted octanol–water partition coefficient (Wildman–Crippen LogP) is -2.78. The third-order valence-electron chi connectivity index (χ3n) is 3.60. The summed E-state index contributed by atoms with van der Waals surface area (Å²) in [6, 6.07) is 0.270. The minimum absolute atomic E-state index is 0.